The van der Waals surface area contributed by atoms with Crippen LogP contribution in [-0.2, 0) is 22.6 Å². The Morgan fingerprint density at radius 3 is 2.60 bits per heavy atom. The van der Waals surface area contributed by atoms with Gasteiger partial charge in [-0.2, -0.15) is 0 Å². The van der Waals surface area contributed by atoms with Gasteiger partial charge in [0, 0.05) is 31.6 Å². The second kappa shape index (κ2) is 8.86. The zero-order valence-corrected chi connectivity index (χ0v) is 16.0. The molecule has 25 heavy (non-hydrogen) atoms. The Bertz CT molecular complexity index is 691. The SMILES string of the molecule is COCC(=O)N(Cc1cccn1Cc1cccc(C)c1)C(C)C(C)C. The Morgan fingerprint density at radius 2 is 1.96 bits per heavy atom. The molecule has 0 spiro atoms. The zero-order valence-electron chi connectivity index (χ0n) is 16.0. The summed E-state index contributed by atoms with van der Waals surface area (Å²) in [6.07, 6.45) is 2.08. The van der Waals surface area contributed by atoms with Gasteiger partial charge in [0.05, 0.1) is 6.54 Å². The van der Waals surface area contributed by atoms with Crippen LogP contribution in [0.25, 0.3) is 0 Å². The van der Waals surface area contributed by atoms with Gasteiger partial charge in [-0.25, -0.2) is 0 Å². The van der Waals surface area contributed by atoms with E-state index in [0.29, 0.717) is 12.5 Å². The first-order valence-electron chi connectivity index (χ1n) is 8.90. The van der Waals surface area contributed by atoms with Crippen molar-refractivity contribution in [1.82, 2.24) is 9.47 Å². The molecule has 1 aromatic carbocycles. The van der Waals surface area contributed by atoms with E-state index in [2.05, 4.69) is 68.8 Å². The maximum absolute atomic E-state index is 12.5. The normalized spacial score (nSPS) is 12.4. The average molecular weight is 342 g/mol. The van der Waals surface area contributed by atoms with Gasteiger partial charge >= 0.3 is 0 Å². The molecule has 0 fully saturated rings. The van der Waals surface area contributed by atoms with E-state index in [-0.39, 0.29) is 18.6 Å². The van der Waals surface area contributed by atoms with E-state index in [4.69, 9.17) is 4.74 Å². The van der Waals surface area contributed by atoms with Crippen LogP contribution in [0, 0.1) is 12.8 Å². The van der Waals surface area contributed by atoms with Crippen LogP contribution < -0.4 is 0 Å². The lowest BCUT2D eigenvalue weighted by atomic mass is 10.0. The van der Waals surface area contributed by atoms with Gasteiger partial charge in [0.2, 0.25) is 5.91 Å². The Balaban J connectivity index is 2.19. The molecule has 0 aliphatic rings. The third-order valence-electron chi connectivity index (χ3n) is 4.74. The van der Waals surface area contributed by atoms with E-state index >= 15 is 0 Å². The van der Waals surface area contributed by atoms with Crippen LogP contribution in [0.3, 0.4) is 0 Å². The molecule has 0 saturated carbocycles. The van der Waals surface area contributed by atoms with Crippen LogP contribution in [0.15, 0.2) is 42.6 Å². The van der Waals surface area contributed by atoms with E-state index in [9.17, 15) is 4.79 Å². The molecule has 1 amide bonds. The summed E-state index contributed by atoms with van der Waals surface area (Å²) in [4.78, 5) is 14.4. The number of methoxy groups -OCH3 is 1. The topological polar surface area (TPSA) is 34.5 Å². The van der Waals surface area contributed by atoms with Crippen LogP contribution in [0.4, 0.5) is 0 Å². The first-order valence-corrected chi connectivity index (χ1v) is 8.90. The standard InChI is InChI=1S/C21H30N2O2/c1-16(2)18(4)23(21(24)15-25-5)14-20-10-7-11-22(20)13-19-9-6-8-17(3)12-19/h6-12,16,18H,13-15H2,1-5H3. The highest BCUT2D eigenvalue weighted by Gasteiger charge is 2.23. The molecule has 4 heteroatoms. The molecule has 0 bridgehead atoms. The van der Waals surface area contributed by atoms with Gasteiger partial charge < -0.3 is 14.2 Å². The highest BCUT2D eigenvalue weighted by Crippen LogP contribution is 2.17. The lowest BCUT2D eigenvalue weighted by molar-refractivity contribution is -0.138. The largest absolute Gasteiger partial charge is 0.375 e. The van der Waals surface area contributed by atoms with Crippen molar-refractivity contribution < 1.29 is 9.53 Å². The summed E-state index contributed by atoms with van der Waals surface area (Å²) in [7, 11) is 1.57. The maximum atomic E-state index is 12.5. The molecular formula is C21H30N2O2. The molecule has 2 aromatic rings. The molecule has 0 radical (unpaired) electrons. The van der Waals surface area contributed by atoms with Gasteiger partial charge in [-0.1, -0.05) is 43.7 Å². The van der Waals surface area contributed by atoms with E-state index in [1.807, 2.05) is 11.0 Å². The monoisotopic (exact) mass is 342 g/mol. The first-order chi connectivity index (χ1) is 11.9. The third-order valence-corrected chi connectivity index (χ3v) is 4.74. The fraction of sp³-hybridized carbons (Fsp3) is 0.476. The molecule has 0 aliphatic heterocycles. The fourth-order valence-electron chi connectivity index (χ4n) is 2.95. The van der Waals surface area contributed by atoms with Crippen LogP contribution in [0.5, 0.6) is 0 Å². The highest BCUT2D eigenvalue weighted by atomic mass is 16.5. The van der Waals surface area contributed by atoms with Gasteiger partial charge in [0.25, 0.3) is 0 Å². The molecule has 1 heterocycles. The van der Waals surface area contributed by atoms with Crippen molar-refractivity contribution >= 4 is 5.91 Å². The molecule has 2 rings (SSSR count). The summed E-state index contributed by atoms with van der Waals surface area (Å²) >= 11 is 0. The number of amides is 1. The number of benzene rings is 1. The number of carbonyl (C=O) groups excluding carboxylic acids is 1. The molecular weight excluding hydrogens is 312 g/mol. The van der Waals surface area contributed by atoms with Crippen LogP contribution in [-0.4, -0.2) is 35.1 Å². The van der Waals surface area contributed by atoms with Crippen molar-refractivity contribution in [1.29, 1.82) is 0 Å². The van der Waals surface area contributed by atoms with Crippen molar-refractivity contribution in [2.75, 3.05) is 13.7 Å². The fourth-order valence-corrected chi connectivity index (χ4v) is 2.95. The summed E-state index contributed by atoms with van der Waals surface area (Å²) in [5.74, 6) is 0.424. The zero-order chi connectivity index (χ0) is 18.4. The summed E-state index contributed by atoms with van der Waals surface area (Å²) in [5.41, 5.74) is 3.67. The summed E-state index contributed by atoms with van der Waals surface area (Å²) in [6, 6.07) is 12.8. The van der Waals surface area contributed by atoms with E-state index in [1.165, 1.54) is 11.1 Å². The molecule has 136 valence electrons. The maximum Gasteiger partial charge on any atom is 0.249 e. The third kappa shape index (κ3) is 5.20. The molecule has 4 nitrogen and oxygen atoms in total. The van der Waals surface area contributed by atoms with Crippen molar-refractivity contribution in [3.63, 3.8) is 0 Å². The summed E-state index contributed by atoms with van der Waals surface area (Å²) in [5, 5.41) is 0. The van der Waals surface area contributed by atoms with Crippen LogP contribution in [0.2, 0.25) is 0 Å². The van der Waals surface area contributed by atoms with Gasteiger partial charge in [-0.05, 0) is 37.5 Å². The van der Waals surface area contributed by atoms with Gasteiger partial charge in [0.1, 0.15) is 6.61 Å². The summed E-state index contributed by atoms with van der Waals surface area (Å²) < 4.78 is 7.29. The Labute approximate surface area is 151 Å². The van der Waals surface area contributed by atoms with E-state index in [1.54, 1.807) is 7.11 Å². The minimum atomic E-state index is 0.0343. The predicted octanol–water partition coefficient (Wildman–Crippen LogP) is 3.86. The molecule has 1 aromatic heterocycles. The lowest BCUT2D eigenvalue weighted by Crippen LogP contribution is -2.43. The summed E-state index contributed by atoms with van der Waals surface area (Å²) in [6.45, 7) is 10.0. The lowest BCUT2D eigenvalue weighted by Gasteiger charge is -2.32. The number of aryl methyl sites for hydroxylation is 1. The number of hydrogen-bond donors (Lipinski definition) is 0. The Hall–Kier alpha value is -2.07. The quantitative estimate of drug-likeness (QED) is 0.730. The molecule has 0 N–H and O–H groups in total. The Morgan fingerprint density at radius 1 is 1.20 bits per heavy atom. The number of hydrogen-bond acceptors (Lipinski definition) is 2. The second-order valence-electron chi connectivity index (χ2n) is 7.06. The van der Waals surface area contributed by atoms with Gasteiger partial charge in [0.15, 0.2) is 0 Å². The molecule has 0 aliphatic carbocycles. The molecule has 1 atom stereocenters. The average Bonchev–Trinajstić information content (AvgIpc) is 2.99. The van der Waals surface area contributed by atoms with Crippen molar-refractivity contribution in [3.05, 3.63) is 59.4 Å². The predicted molar refractivity (Wildman–Crippen MR) is 101 cm³/mol. The smallest absolute Gasteiger partial charge is 0.249 e. The number of aromatic nitrogens is 1. The van der Waals surface area contributed by atoms with Crippen molar-refractivity contribution in [2.45, 2.75) is 46.8 Å². The highest BCUT2D eigenvalue weighted by molar-refractivity contribution is 5.77. The number of carbonyl (C=O) groups is 1. The van der Waals surface area contributed by atoms with Gasteiger partial charge in [-0.3, -0.25) is 4.79 Å². The second-order valence-corrected chi connectivity index (χ2v) is 7.06. The number of ether oxygens (including phenoxy) is 1. The van der Waals surface area contributed by atoms with Gasteiger partial charge in [-0.15, -0.1) is 0 Å². The minimum Gasteiger partial charge on any atom is -0.375 e. The Kier molecular flexibility index (Phi) is 6.82. The minimum absolute atomic E-state index is 0.0343. The number of nitrogens with zero attached hydrogens (tertiary/aromatic N) is 2. The van der Waals surface area contributed by atoms with E-state index in [0.717, 1.165) is 12.2 Å². The molecule has 1 unspecified atom stereocenters. The number of rotatable bonds is 8. The van der Waals surface area contributed by atoms with Crippen molar-refractivity contribution in [3.8, 4) is 0 Å². The molecule has 0 saturated heterocycles. The van der Waals surface area contributed by atoms with Crippen LogP contribution in [0.1, 0.15) is 37.6 Å². The van der Waals surface area contributed by atoms with Crippen LogP contribution >= 0.6 is 0 Å². The van der Waals surface area contributed by atoms with E-state index < -0.39 is 0 Å². The van der Waals surface area contributed by atoms with Crippen molar-refractivity contribution in [2.24, 2.45) is 5.92 Å². The first kappa shape index (κ1) is 19.3.